The van der Waals surface area contributed by atoms with Crippen LogP contribution in [-0.4, -0.2) is 39.2 Å². The summed E-state index contributed by atoms with van der Waals surface area (Å²) in [6, 6.07) is -0.976. The predicted octanol–water partition coefficient (Wildman–Crippen LogP) is -0.0576. The topological polar surface area (TPSA) is 75.4 Å². The summed E-state index contributed by atoms with van der Waals surface area (Å²) in [5, 5.41) is 13.1. The summed E-state index contributed by atoms with van der Waals surface area (Å²) in [5.74, 6) is -1.07. The molecule has 0 aliphatic rings. The molecular weight excluding hydrogens is 198 g/mol. The Morgan fingerprint density at radius 1 is 1.73 bits per heavy atom. The van der Waals surface area contributed by atoms with Crippen LogP contribution in [0.2, 0.25) is 0 Å². The number of carboxylic acid groups (broad SMARTS) is 1. The summed E-state index contributed by atoms with van der Waals surface area (Å²) in [5.41, 5.74) is 1.14. The molecule has 1 unspecified atom stereocenters. The van der Waals surface area contributed by atoms with Gasteiger partial charge in [0.25, 0.3) is 0 Å². The minimum Gasteiger partial charge on any atom is -0.479 e. The molecule has 1 N–H and O–H groups in total. The van der Waals surface area contributed by atoms with Gasteiger partial charge in [-0.3, -0.25) is 9.48 Å². The van der Waals surface area contributed by atoms with Crippen LogP contribution in [-0.2, 0) is 16.6 Å². The molecule has 0 bridgehead atoms. The number of aromatic nitrogens is 2. The Hall–Kier alpha value is -1.85. The number of hydrogen-bond acceptors (Lipinski definition) is 3. The number of nitrogens with zero attached hydrogens (tertiary/aromatic N) is 3. The second kappa shape index (κ2) is 4.12. The van der Waals surface area contributed by atoms with Gasteiger partial charge in [-0.25, -0.2) is 4.79 Å². The molecule has 6 nitrogen and oxygen atoms in total. The predicted molar refractivity (Wildman–Crippen MR) is 52.1 cm³/mol. The third-order valence-electron chi connectivity index (χ3n) is 2.15. The molecular formula is C9H13N3O3. The summed E-state index contributed by atoms with van der Waals surface area (Å²) in [4.78, 5) is 22.7. The summed E-state index contributed by atoms with van der Waals surface area (Å²) in [6.07, 6.45) is 2.10. The lowest BCUT2D eigenvalue weighted by atomic mass is 10.1. The fraction of sp³-hybridized carbons (Fsp3) is 0.444. The maximum atomic E-state index is 11.0. The normalized spacial score (nSPS) is 12.2. The number of rotatable bonds is 4. The smallest absolute Gasteiger partial charge is 0.331 e. The Kier molecular flexibility index (Phi) is 3.08. The molecule has 82 valence electrons. The van der Waals surface area contributed by atoms with Crippen molar-refractivity contribution >= 4 is 12.4 Å². The first-order valence-electron chi connectivity index (χ1n) is 4.37. The van der Waals surface area contributed by atoms with E-state index in [1.807, 2.05) is 0 Å². The van der Waals surface area contributed by atoms with Crippen LogP contribution in [0.25, 0.3) is 0 Å². The standard InChI is InChI=1S/C9H13N3O3/c1-6-7(4-12(3)10-6)8(9(14)15)11(2)5-13/h4-5,8H,1-3H3,(H,14,15). The van der Waals surface area contributed by atoms with Crippen LogP contribution in [0.4, 0.5) is 0 Å². The maximum absolute atomic E-state index is 11.0. The van der Waals surface area contributed by atoms with Crippen molar-refractivity contribution in [1.82, 2.24) is 14.7 Å². The van der Waals surface area contributed by atoms with Crippen molar-refractivity contribution in [2.24, 2.45) is 7.05 Å². The van der Waals surface area contributed by atoms with Gasteiger partial charge in [0.15, 0.2) is 6.04 Å². The van der Waals surface area contributed by atoms with Gasteiger partial charge >= 0.3 is 5.97 Å². The summed E-state index contributed by atoms with van der Waals surface area (Å²) in [6.45, 7) is 1.71. The summed E-state index contributed by atoms with van der Waals surface area (Å²) in [7, 11) is 3.13. The van der Waals surface area contributed by atoms with E-state index in [1.54, 1.807) is 20.2 Å². The highest BCUT2D eigenvalue weighted by atomic mass is 16.4. The van der Waals surface area contributed by atoms with Crippen molar-refractivity contribution in [1.29, 1.82) is 0 Å². The average molecular weight is 211 g/mol. The molecule has 1 heterocycles. The molecule has 0 saturated heterocycles. The average Bonchev–Trinajstić information content (AvgIpc) is 2.45. The van der Waals surface area contributed by atoms with Crippen LogP contribution in [0.1, 0.15) is 17.3 Å². The van der Waals surface area contributed by atoms with Crippen LogP contribution in [0.3, 0.4) is 0 Å². The second-order valence-corrected chi connectivity index (χ2v) is 3.36. The van der Waals surface area contributed by atoms with Crippen LogP contribution in [0.15, 0.2) is 6.20 Å². The Morgan fingerprint density at radius 2 is 2.33 bits per heavy atom. The number of aryl methyl sites for hydroxylation is 2. The fourth-order valence-corrected chi connectivity index (χ4v) is 1.47. The molecule has 0 aliphatic heterocycles. The molecule has 6 heteroatoms. The minimum absolute atomic E-state index is 0.491. The van der Waals surface area contributed by atoms with Crippen LogP contribution < -0.4 is 0 Å². The van der Waals surface area contributed by atoms with Crippen LogP contribution >= 0.6 is 0 Å². The van der Waals surface area contributed by atoms with Crippen molar-refractivity contribution in [3.05, 3.63) is 17.5 Å². The maximum Gasteiger partial charge on any atom is 0.331 e. The van der Waals surface area contributed by atoms with E-state index >= 15 is 0 Å². The highest BCUT2D eigenvalue weighted by Gasteiger charge is 2.27. The lowest BCUT2D eigenvalue weighted by Crippen LogP contribution is -2.29. The first-order chi connectivity index (χ1) is 6.97. The molecule has 0 saturated carbocycles. The van der Waals surface area contributed by atoms with E-state index in [2.05, 4.69) is 5.10 Å². The molecule has 0 aliphatic carbocycles. The van der Waals surface area contributed by atoms with Gasteiger partial charge in [0, 0.05) is 25.9 Å². The highest BCUT2D eigenvalue weighted by Crippen LogP contribution is 2.20. The molecule has 1 amide bonds. The quantitative estimate of drug-likeness (QED) is 0.708. The Bertz CT molecular complexity index is 386. The van der Waals surface area contributed by atoms with Gasteiger partial charge in [-0.1, -0.05) is 0 Å². The van der Waals surface area contributed by atoms with Gasteiger partial charge < -0.3 is 10.0 Å². The Labute approximate surface area is 87.1 Å². The molecule has 0 spiro atoms. The summed E-state index contributed by atoms with van der Waals surface area (Å²) < 4.78 is 1.53. The Balaban J connectivity index is 3.15. The zero-order valence-corrected chi connectivity index (χ0v) is 8.84. The van der Waals surface area contributed by atoms with Gasteiger partial charge in [0.1, 0.15) is 0 Å². The lowest BCUT2D eigenvalue weighted by Gasteiger charge is -2.19. The zero-order valence-electron chi connectivity index (χ0n) is 8.84. The molecule has 1 rings (SSSR count). The van der Waals surface area contributed by atoms with Crippen molar-refractivity contribution in [3.8, 4) is 0 Å². The van der Waals surface area contributed by atoms with Gasteiger partial charge in [-0.15, -0.1) is 0 Å². The molecule has 0 aromatic carbocycles. The molecule has 0 radical (unpaired) electrons. The molecule has 1 aromatic rings. The number of likely N-dealkylation sites (N-methyl/N-ethyl adjacent to an activating group) is 1. The first kappa shape index (κ1) is 11.2. The molecule has 1 aromatic heterocycles. The van der Waals surface area contributed by atoms with E-state index in [0.29, 0.717) is 17.7 Å². The van der Waals surface area contributed by atoms with Crippen molar-refractivity contribution in [2.45, 2.75) is 13.0 Å². The zero-order chi connectivity index (χ0) is 11.6. The number of aliphatic carboxylic acids is 1. The molecule has 1 atom stereocenters. The minimum atomic E-state index is -1.07. The van der Waals surface area contributed by atoms with E-state index in [4.69, 9.17) is 5.11 Å². The number of carbonyl (C=O) groups excluding carboxylic acids is 1. The molecule has 0 fully saturated rings. The van der Waals surface area contributed by atoms with Crippen molar-refractivity contribution in [3.63, 3.8) is 0 Å². The van der Waals surface area contributed by atoms with Crippen LogP contribution in [0, 0.1) is 6.92 Å². The SMILES string of the molecule is Cc1nn(C)cc1C(C(=O)O)N(C)C=O. The number of amides is 1. The van der Waals surface area contributed by atoms with Crippen molar-refractivity contribution < 1.29 is 14.7 Å². The molecule has 15 heavy (non-hydrogen) atoms. The van der Waals surface area contributed by atoms with E-state index < -0.39 is 12.0 Å². The third-order valence-corrected chi connectivity index (χ3v) is 2.15. The van der Waals surface area contributed by atoms with E-state index in [0.717, 1.165) is 4.90 Å². The van der Waals surface area contributed by atoms with E-state index in [1.165, 1.54) is 11.7 Å². The lowest BCUT2D eigenvalue weighted by molar-refractivity contribution is -0.145. The van der Waals surface area contributed by atoms with Gasteiger partial charge in [0.2, 0.25) is 6.41 Å². The third kappa shape index (κ3) is 2.15. The van der Waals surface area contributed by atoms with Gasteiger partial charge in [-0.05, 0) is 6.92 Å². The number of hydrogen-bond donors (Lipinski definition) is 1. The van der Waals surface area contributed by atoms with E-state index in [9.17, 15) is 9.59 Å². The number of carbonyl (C=O) groups is 2. The monoisotopic (exact) mass is 211 g/mol. The first-order valence-corrected chi connectivity index (χ1v) is 4.37. The largest absolute Gasteiger partial charge is 0.479 e. The second-order valence-electron chi connectivity index (χ2n) is 3.36. The number of carboxylic acids is 1. The van der Waals surface area contributed by atoms with Gasteiger partial charge in [0.05, 0.1) is 5.69 Å². The van der Waals surface area contributed by atoms with Gasteiger partial charge in [-0.2, -0.15) is 5.10 Å². The Morgan fingerprint density at radius 3 is 2.67 bits per heavy atom. The summed E-state index contributed by atoms with van der Waals surface area (Å²) >= 11 is 0. The van der Waals surface area contributed by atoms with E-state index in [-0.39, 0.29) is 0 Å². The highest BCUT2D eigenvalue weighted by molar-refractivity contribution is 5.78. The van der Waals surface area contributed by atoms with Crippen molar-refractivity contribution in [2.75, 3.05) is 7.05 Å². The fourth-order valence-electron chi connectivity index (χ4n) is 1.47. The van der Waals surface area contributed by atoms with Crippen LogP contribution in [0.5, 0.6) is 0 Å².